The van der Waals surface area contributed by atoms with Gasteiger partial charge < -0.3 is 11.1 Å². The Morgan fingerprint density at radius 3 is 2.62 bits per heavy atom. The van der Waals surface area contributed by atoms with Crippen LogP contribution >= 0.6 is 46.1 Å². The van der Waals surface area contributed by atoms with Crippen LogP contribution in [0.15, 0.2) is 23.6 Å². The Morgan fingerprint density at radius 2 is 1.90 bits per heavy atom. The van der Waals surface area contributed by atoms with Crippen LogP contribution < -0.4 is 11.1 Å². The van der Waals surface area contributed by atoms with Gasteiger partial charge in [-0.3, -0.25) is 4.79 Å². The number of rotatable bonds is 2. The summed E-state index contributed by atoms with van der Waals surface area (Å²) in [5.41, 5.74) is 6.19. The van der Waals surface area contributed by atoms with Gasteiger partial charge in [0.2, 0.25) is 0 Å². The number of carbonyl (C=O) groups is 1. The van der Waals surface area contributed by atoms with Crippen molar-refractivity contribution in [2.45, 2.75) is 0 Å². The first-order valence-electron chi connectivity index (χ1n) is 5.74. The second-order valence-electron chi connectivity index (χ2n) is 3.91. The molecule has 0 aliphatic heterocycles. The Morgan fingerprint density at radius 1 is 1.19 bits per heavy atom. The summed E-state index contributed by atoms with van der Waals surface area (Å²) in [7, 11) is 0. The molecule has 1 amide bonds. The summed E-state index contributed by atoms with van der Waals surface area (Å²) in [4.78, 5) is 12.9. The van der Waals surface area contributed by atoms with Gasteiger partial charge in [0, 0.05) is 5.38 Å². The van der Waals surface area contributed by atoms with Gasteiger partial charge in [-0.15, -0.1) is 11.3 Å². The zero-order chi connectivity index (χ0) is 15.4. The molecule has 0 spiro atoms. The fraction of sp³-hybridized carbons (Fsp3) is 0.0714. The Balaban J connectivity index is 2.18. The van der Waals surface area contributed by atoms with Gasteiger partial charge in [-0.1, -0.05) is 46.6 Å². The Labute approximate surface area is 141 Å². The minimum atomic E-state index is -0.299. The lowest BCUT2D eigenvalue weighted by molar-refractivity contribution is 0.102. The second kappa shape index (κ2) is 7.17. The van der Waals surface area contributed by atoms with E-state index in [9.17, 15) is 4.79 Å². The number of nitrogens with two attached hydrogens (primary N) is 1. The SMILES string of the molecule is NCC#Cc1cc(C(=O)Nc2cc(Cl)c(Cl)cc2Cl)cs1. The number of anilines is 1. The van der Waals surface area contributed by atoms with Gasteiger partial charge in [0.25, 0.3) is 5.91 Å². The summed E-state index contributed by atoms with van der Waals surface area (Å²) in [6.07, 6.45) is 0. The third-order valence-electron chi connectivity index (χ3n) is 2.43. The monoisotopic (exact) mass is 358 g/mol. The van der Waals surface area contributed by atoms with Gasteiger partial charge in [-0.25, -0.2) is 0 Å². The lowest BCUT2D eigenvalue weighted by atomic mass is 10.2. The van der Waals surface area contributed by atoms with Crippen LogP contribution in [-0.4, -0.2) is 12.5 Å². The van der Waals surface area contributed by atoms with E-state index in [4.69, 9.17) is 40.5 Å². The Bertz CT molecular complexity index is 746. The van der Waals surface area contributed by atoms with E-state index in [1.807, 2.05) is 0 Å². The minimum Gasteiger partial charge on any atom is -0.321 e. The van der Waals surface area contributed by atoms with E-state index >= 15 is 0 Å². The largest absolute Gasteiger partial charge is 0.321 e. The van der Waals surface area contributed by atoms with Gasteiger partial charge in [0.05, 0.1) is 37.7 Å². The van der Waals surface area contributed by atoms with Crippen molar-refractivity contribution >= 4 is 57.7 Å². The summed E-state index contributed by atoms with van der Waals surface area (Å²) >= 11 is 19.1. The molecular formula is C14H9Cl3N2OS. The minimum absolute atomic E-state index is 0.276. The van der Waals surface area contributed by atoms with E-state index in [1.54, 1.807) is 11.4 Å². The molecule has 0 saturated heterocycles. The van der Waals surface area contributed by atoms with E-state index in [0.29, 0.717) is 26.3 Å². The Kier molecular flexibility index (Phi) is 5.51. The number of benzene rings is 1. The molecule has 1 aromatic heterocycles. The molecule has 1 aromatic carbocycles. The molecule has 0 unspecified atom stereocenters. The van der Waals surface area contributed by atoms with Crippen LogP contribution in [0.4, 0.5) is 5.69 Å². The van der Waals surface area contributed by atoms with E-state index in [0.717, 1.165) is 4.88 Å². The van der Waals surface area contributed by atoms with Crippen LogP contribution in [0.1, 0.15) is 15.2 Å². The quantitative estimate of drug-likeness (QED) is 0.621. The van der Waals surface area contributed by atoms with Crippen LogP contribution in [0.2, 0.25) is 15.1 Å². The highest BCUT2D eigenvalue weighted by Crippen LogP contribution is 2.32. The molecule has 0 fully saturated rings. The lowest BCUT2D eigenvalue weighted by Crippen LogP contribution is -2.11. The maximum Gasteiger partial charge on any atom is 0.256 e. The normalized spacial score (nSPS) is 9.90. The lowest BCUT2D eigenvalue weighted by Gasteiger charge is -2.07. The van der Waals surface area contributed by atoms with Crippen molar-refractivity contribution in [1.82, 2.24) is 0 Å². The number of amides is 1. The van der Waals surface area contributed by atoms with Crippen molar-refractivity contribution in [3.05, 3.63) is 49.1 Å². The van der Waals surface area contributed by atoms with E-state index in [2.05, 4.69) is 17.2 Å². The number of nitrogens with one attached hydrogen (secondary N) is 1. The molecule has 0 aliphatic carbocycles. The highest BCUT2D eigenvalue weighted by Gasteiger charge is 2.12. The van der Waals surface area contributed by atoms with Gasteiger partial charge in [0.1, 0.15) is 0 Å². The standard InChI is InChI=1S/C14H9Cl3N2OS/c15-10-5-12(17)13(6-11(10)16)19-14(20)8-4-9(21-7-8)2-1-3-18/h4-7H,3,18H2,(H,19,20). The molecule has 1 heterocycles. The van der Waals surface area contributed by atoms with Crippen molar-refractivity contribution in [2.75, 3.05) is 11.9 Å². The molecule has 3 nitrogen and oxygen atoms in total. The highest BCUT2D eigenvalue weighted by molar-refractivity contribution is 7.10. The third kappa shape index (κ3) is 4.13. The maximum atomic E-state index is 12.1. The van der Waals surface area contributed by atoms with Crippen LogP contribution in [0, 0.1) is 11.8 Å². The van der Waals surface area contributed by atoms with E-state index in [-0.39, 0.29) is 12.5 Å². The number of hydrogen-bond acceptors (Lipinski definition) is 3. The first-order valence-corrected chi connectivity index (χ1v) is 7.76. The number of hydrogen-bond donors (Lipinski definition) is 2. The molecule has 0 atom stereocenters. The van der Waals surface area contributed by atoms with Crippen LogP contribution in [0.25, 0.3) is 0 Å². The molecular weight excluding hydrogens is 351 g/mol. The predicted molar refractivity (Wildman–Crippen MR) is 89.7 cm³/mol. The average molecular weight is 360 g/mol. The molecule has 108 valence electrons. The van der Waals surface area contributed by atoms with E-state index < -0.39 is 0 Å². The van der Waals surface area contributed by atoms with Gasteiger partial charge in [-0.05, 0) is 18.2 Å². The van der Waals surface area contributed by atoms with E-state index in [1.165, 1.54) is 23.5 Å². The summed E-state index contributed by atoms with van der Waals surface area (Å²) < 4.78 is 0. The smallest absolute Gasteiger partial charge is 0.256 e. The molecule has 0 bridgehead atoms. The molecule has 7 heteroatoms. The molecule has 3 N–H and O–H groups in total. The molecule has 21 heavy (non-hydrogen) atoms. The first-order chi connectivity index (χ1) is 10.0. The summed E-state index contributed by atoms with van der Waals surface area (Å²) in [6, 6.07) is 4.67. The molecule has 2 rings (SSSR count). The van der Waals surface area contributed by atoms with Crippen LogP contribution in [0.5, 0.6) is 0 Å². The van der Waals surface area contributed by atoms with Crippen LogP contribution in [0.3, 0.4) is 0 Å². The van der Waals surface area contributed by atoms with Crippen molar-refractivity contribution in [3.63, 3.8) is 0 Å². The fourth-order valence-corrected chi connectivity index (χ4v) is 2.82. The molecule has 0 radical (unpaired) electrons. The molecule has 0 saturated carbocycles. The summed E-state index contributed by atoms with van der Waals surface area (Å²) in [5, 5.41) is 5.35. The fourth-order valence-electron chi connectivity index (χ4n) is 1.47. The zero-order valence-corrected chi connectivity index (χ0v) is 13.6. The topological polar surface area (TPSA) is 55.1 Å². The predicted octanol–water partition coefficient (Wildman–Crippen LogP) is 4.27. The first kappa shape index (κ1) is 16.2. The Hall–Kier alpha value is -1.22. The molecule has 2 aromatic rings. The number of halogens is 3. The zero-order valence-electron chi connectivity index (χ0n) is 10.5. The number of carbonyl (C=O) groups excluding carboxylic acids is 1. The highest BCUT2D eigenvalue weighted by atomic mass is 35.5. The third-order valence-corrected chi connectivity index (χ3v) is 4.31. The van der Waals surface area contributed by atoms with Gasteiger partial charge in [0.15, 0.2) is 0 Å². The van der Waals surface area contributed by atoms with Gasteiger partial charge in [-0.2, -0.15) is 0 Å². The number of thiophene rings is 1. The maximum absolute atomic E-state index is 12.1. The van der Waals surface area contributed by atoms with Crippen molar-refractivity contribution in [1.29, 1.82) is 0 Å². The van der Waals surface area contributed by atoms with Crippen molar-refractivity contribution in [3.8, 4) is 11.8 Å². The average Bonchev–Trinajstić information content (AvgIpc) is 2.91. The van der Waals surface area contributed by atoms with Crippen molar-refractivity contribution in [2.24, 2.45) is 5.73 Å². The van der Waals surface area contributed by atoms with Crippen LogP contribution in [-0.2, 0) is 0 Å². The van der Waals surface area contributed by atoms with Crippen molar-refractivity contribution < 1.29 is 4.79 Å². The second-order valence-corrected chi connectivity index (χ2v) is 6.04. The molecule has 0 aliphatic rings. The van der Waals surface area contributed by atoms with Gasteiger partial charge >= 0.3 is 0 Å². The summed E-state index contributed by atoms with van der Waals surface area (Å²) in [6.45, 7) is 0.276. The summed E-state index contributed by atoms with van der Waals surface area (Å²) in [5.74, 6) is 5.30.